The zero-order valence-corrected chi connectivity index (χ0v) is 25.8. The average molecular weight is 531 g/mol. The summed E-state index contributed by atoms with van der Waals surface area (Å²) in [6.07, 6.45) is 5.58. The van der Waals surface area contributed by atoms with Crippen LogP contribution >= 0.6 is 0 Å². The van der Waals surface area contributed by atoms with E-state index in [4.69, 9.17) is 0 Å². The fraction of sp³-hybridized carbons (Fsp3) is 0.657. The molecule has 0 amide bonds. The first-order valence-corrected chi connectivity index (χ1v) is 16.0. The van der Waals surface area contributed by atoms with E-state index in [0.717, 1.165) is 11.8 Å². The first kappa shape index (κ1) is 28.5. The highest BCUT2D eigenvalue weighted by molar-refractivity contribution is 5.55. The van der Waals surface area contributed by atoms with Gasteiger partial charge in [0.25, 0.3) is 0 Å². The lowest BCUT2D eigenvalue weighted by atomic mass is 9.93. The highest BCUT2D eigenvalue weighted by atomic mass is 15.3. The summed E-state index contributed by atoms with van der Waals surface area (Å²) in [6, 6.07) is 14.4. The van der Waals surface area contributed by atoms with E-state index >= 15 is 0 Å². The van der Waals surface area contributed by atoms with Crippen molar-refractivity contribution in [3.8, 4) is 0 Å². The van der Waals surface area contributed by atoms with Crippen LogP contribution in [0.2, 0.25) is 0 Å². The van der Waals surface area contributed by atoms with E-state index in [9.17, 15) is 0 Å². The smallest absolute Gasteiger partial charge is 0.0370 e. The normalized spacial score (nSPS) is 20.9. The number of nitrogens with zero attached hydrogens (tertiary/aromatic N) is 4. The van der Waals surface area contributed by atoms with Gasteiger partial charge < -0.3 is 19.6 Å². The third-order valence-corrected chi connectivity index (χ3v) is 9.47. The quantitative estimate of drug-likeness (QED) is 0.373. The van der Waals surface area contributed by atoms with Gasteiger partial charge in [0.15, 0.2) is 0 Å². The minimum absolute atomic E-state index is 0.650. The van der Waals surface area contributed by atoms with E-state index in [1.54, 1.807) is 22.3 Å². The molecule has 0 atom stereocenters. The number of anilines is 2. The standard InChI is InChI=1S/C18H28N2.C17H26N2/c1-4-19-9-11-20(12-10-19)16-7-8-17(14(2)3)18(13-16)15-5-6-15;1-13(2)16-7-6-15(12-17(16)14-4-5-14)19-10-8-18(3)9-11-19/h7-8,13-15H,4-6,9-12H2,1-3H3;6-7,12-14H,4-5,8-11H2,1-3H3. The third kappa shape index (κ3) is 7.19. The van der Waals surface area contributed by atoms with Gasteiger partial charge in [-0.1, -0.05) is 46.8 Å². The number of hydrogen-bond donors (Lipinski definition) is 0. The van der Waals surface area contributed by atoms with Gasteiger partial charge in [0, 0.05) is 63.7 Å². The molecular formula is C35H54N4. The molecule has 6 rings (SSSR count). The van der Waals surface area contributed by atoms with Crippen molar-refractivity contribution in [2.24, 2.45) is 0 Å². The molecule has 4 fully saturated rings. The fourth-order valence-corrected chi connectivity index (χ4v) is 6.45. The number of piperazine rings is 2. The van der Waals surface area contributed by atoms with Gasteiger partial charge in [-0.05, 0) is 109 Å². The molecule has 39 heavy (non-hydrogen) atoms. The number of benzene rings is 2. The van der Waals surface area contributed by atoms with Crippen molar-refractivity contribution in [3.05, 3.63) is 58.7 Å². The molecule has 2 heterocycles. The second-order valence-electron chi connectivity index (χ2n) is 13.2. The van der Waals surface area contributed by atoms with Crippen molar-refractivity contribution in [2.75, 3.05) is 75.8 Å². The van der Waals surface area contributed by atoms with Crippen LogP contribution in [0.15, 0.2) is 36.4 Å². The number of hydrogen-bond acceptors (Lipinski definition) is 4. The molecule has 4 heteroatoms. The van der Waals surface area contributed by atoms with Crippen molar-refractivity contribution in [2.45, 2.75) is 84.0 Å². The van der Waals surface area contributed by atoms with Gasteiger partial charge in [-0.15, -0.1) is 0 Å². The van der Waals surface area contributed by atoms with Gasteiger partial charge in [-0.3, -0.25) is 0 Å². The molecular weight excluding hydrogens is 476 g/mol. The van der Waals surface area contributed by atoms with Crippen LogP contribution in [0, 0.1) is 0 Å². The largest absolute Gasteiger partial charge is 0.369 e. The molecule has 2 saturated carbocycles. The van der Waals surface area contributed by atoms with Gasteiger partial charge in [0.05, 0.1) is 0 Å². The molecule has 4 aliphatic rings. The Bertz CT molecular complexity index is 1070. The predicted molar refractivity (Wildman–Crippen MR) is 169 cm³/mol. The Morgan fingerprint density at radius 1 is 0.615 bits per heavy atom. The van der Waals surface area contributed by atoms with Gasteiger partial charge in [0.2, 0.25) is 0 Å². The molecule has 0 unspecified atom stereocenters. The Kier molecular flexibility index (Phi) is 9.23. The summed E-state index contributed by atoms with van der Waals surface area (Å²) in [5.74, 6) is 3.00. The van der Waals surface area contributed by atoms with E-state index in [1.165, 1.54) is 96.0 Å². The topological polar surface area (TPSA) is 13.0 Å². The summed E-state index contributed by atoms with van der Waals surface area (Å²) in [7, 11) is 2.22. The minimum Gasteiger partial charge on any atom is -0.369 e. The Balaban J connectivity index is 0.000000158. The minimum atomic E-state index is 0.650. The van der Waals surface area contributed by atoms with Crippen LogP contribution in [-0.2, 0) is 0 Å². The molecule has 0 N–H and O–H groups in total. The predicted octanol–water partition coefficient (Wildman–Crippen LogP) is 7.27. The maximum Gasteiger partial charge on any atom is 0.0370 e. The van der Waals surface area contributed by atoms with Crippen molar-refractivity contribution >= 4 is 11.4 Å². The monoisotopic (exact) mass is 530 g/mol. The van der Waals surface area contributed by atoms with Crippen LogP contribution in [-0.4, -0.2) is 75.8 Å². The Hall–Kier alpha value is -2.04. The van der Waals surface area contributed by atoms with Crippen molar-refractivity contribution in [1.82, 2.24) is 9.80 Å². The molecule has 2 aliphatic carbocycles. The highest BCUT2D eigenvalue weighted by Gasteiger charge is 2.29. The highest BCUT2D eigenvalue weighted by Crippen LogP contribution is 2.45. The molecule has 2 aromatic rings. The first-order chi connectivity index (χ1) is 18.8. The molecule has 2 aromatic carbocycles. The molecule has 0 spiro atoms. The van der Waals surface area contributed by atoms with Crippen LogP contribution in [0.3, 0.4) is 0 Å². The fourth-order valence-electron chi connectivity index (χ4n) is 6.45. The van der Waals surface area contributed by atoms with Gasteiger partial charge in [-0.25, -0.2) is 0 Å². The van der Waals surface area contributed by atoms with E-state index < -0.39 is 0 Å². The number of rotatable bonds is 7. The maximum atomic E-state index is 2.57. The van der Waals surface area contributed by atoms with Crippen LogP contribution in [0.1, 0.15) is 106 Å². The summed E-state index contributed by atoms with van der Waals surface area (Å²) in [5, 5.41) is 0. The maximum absolute atomic E-state index is 2.57. The van der Waals surface area contributed by atoms with E-state index in [2.05, 4.69) is 97.7 Å². The zero-order valence-electron chi connectivity index (χ0n) is 25.8. The Labute approximate surface area is 239 Å². The summed E-state index contributed by atoms with van der Waals surface area (Å²) < 4.78 is 0. The van der Waals surface area contributed by atoms with E-state index in [0.29, 0.717) is 11.8 Å². The second-order valence-corrected chi connectivity index (χ2v) is 13.2. The summed E-state index contributed by atoms with van der Waals surface area (Å²) >= 11 is 0. The van der Waals surface area contributed by atoms with Crippen LogP contribution < -0.4 is 9.80 Å². The zero-order chi connectivity index (χ0) is 27.5. The summed E-state index contributed by atoms with van der Waals surface area (Å²) in [6.45, 7) is 22.2. The lowest BCUT2D eigenvalue weighted by molar-refractivity contribution is 0.271. The summed E-state index contributed by atoms with van der Waals surface area (Å²) in [5.41, 5.74) is 9.30. The summed E-state index contributed by atoms with van der Waals surface area (Å²) in [4.78, 5) is 10.1. The Morgan fingerprint density at radius 3 is 1.38 bits per heavy atom. The van der Waals surface area contributed by atoms with Crippen molar-refractivity contribution in [3.63, 3.8) is 0 Å². The Morgan fingerprint density at radius 2 is 1.03 bits per heavy atom. The molecule has 0 bridgehead atoms. The lowest BCUT2D eigenvalue weighted by Gasteiger charge is -2.36. The molecule has 214 valence electrons. The van der Waals surface area contributed by atoms with Crippen molar-refractivity contribution in [1.29, 1.82) is 0 Å². The van der Waals surface area contributed by atoms with Gasteiger partial charge in [-0.2, -0.15) is 0 Å². The van der Waals surface area contributed by atoms with Crippen LogP contribution in [0.5, 0.6) is 0 Å². The molecule has 4 nitrogen and oxygen atoms in total. The molecule has 0 radical (unpaired) electrons. The first-order valence-electron chi connectivity index (χ1n) is 16.0. The van der Waals surface area contributed by atoms with Gasteiger partial charge in [0.1, 0.15) is 0 Å². The molecule has 2 aliphatic heterocycles. The van der Waals surface area contributed by atoms with Gasteiger partial charge >= 0.3 is 0 Å². The van der Waals surface area contributed by atoms with Crippen molar-refractivity contribution < 1.29 is 0 Å². The number of likely N-dealkylation sites (N-methyl/N-ethyl adjacent to an activating group) is 2. The third-order valence-electron chi connectivity index (χ3n) is 9.47. The second kappa shape index (κ2) is 12.6. The average Bonchev–Trinajstić information content (AvgIpc) is 3.87. The van der Waals surface area contributed by atoms with Crippen LogP contribution in [0.4, 0.5) is 11.4 Å². The van der Waals surface area contributed by atoms with E-state index in [1.807, 2.05) is 0 Å². The molecule has 2 saturated heterocycles. The lowest BCUT2D eigenvalue weighted by Crippen LogP contribution is -2.46. The molecule has 0 aromatic heterocycles. The van der Waals surface area contributed by atoms with E-state index in [-0.39, 0.29) is 0 Å². The van der Waals surface area contributed by atoms with Crippen LogP contribution in [0.25, 0.3) is 0 Å². The SMILES string of the molecule is CC(C)c1ccc(N2CCN(C)CC2)cc1C1CC1.CCN1CCN(c2ccc(C(C)C)c(C3CC3)c2)CC1.